The molecule has 0 aliphatic rings. The van der Waals surface area contributed by atoms with Crippen LogP contribution in [-0.2, 0) is 14.3 Å². The number of ether oxygens (including phenoxy) is 2. The van der Waals surface area contributed by atoms with Crippen molar-refractivity contribution in [1.29, 1.82) is 0 Å². The van der Waals surface area contributed by atoms with Crippen molar-refractivity contribution < 1.29 is 19.1 Å². The molecule has 7 nitrogen and oxygen atoms in total. The summed E-state index contributed by atoms with van der Waals surface area (Å²) >= 11 is 0. The van der Waals surface area contributed by atoms with Crippen molar-refractivity contribution in [3.8, 4) is 0 Å². The first kappa shape index (κ1) is 15.9. The largest absolute Gasteiger partial charge is 0.466 e. The van der Waals surface area contributed by atoms with Gasteiger partial charge in [-0.05, 0) is 13.8 Å². The lowest BCUT2D eigenvalue weighted by Crippen LogP contribution is -2.24. The van der Waals surface area contributed by atoms with Crippen LogP contribution in [0.25, 0.3) is 0 Å². The van der Waals surface area contributed by atoms with Crippen LogP contribution in [0.1, 0.15) is 29.7 Å². The molecule has 1 heterocycles. The highest BCUT2D eigenvalue weighted by Crippen LogP contribution is 2.12. The maximum Gasteiger partial charge on any atom is 0.376 e. The minimum atomic E-state index is -0.589. The van der Waals surface area contributed by atoms with Crippen molar-refractivity contribution in [2.45, 2.75) is 20.3 Å². The summed E-state index contributed by atoms with van der Waals surface area (Å²) in [6.45, 7) is 4.33. The number of methoxy groups -OCH3 is 1. The van der Waals surface area contributed by atoms with Gasteiger partial charge in [-0.15, -0.1) is 0 Å². The summed E-state index contributed by atoms with van der Waals surface area (Å²) in [6.07, 6.45) is 0.251. The highest BCUT2D eigenvalue weighted by Gasteiger charge is 2.14. The Balaban J connectivity index is 2.77. The molecular weight excluding hydrogens is 262 g/mol. The van der Waals surface area contributed by atoms with Gasteiger partial charge in [0, 0.05) is 25.4 Å². The fourth-order valence-corrected chi connectivity index (χ4v) is 1.54. The maximum atomic E-state index is 11.5. The van der Waals surface area contributed by atoms with E-state index in [-0.39, 0.29) is 18.2 Å². The third-order valence-corrected chi connectivity index (χ3v) is 2.56. The summed E-state index contributed by atoms with van der Waals surface area (Å²) in [5.74, 6) is -0.292. The van der Waals surface area contributed by atoms with Crippen molar-refractivity contribution in [3.63, 3.8) is 0 Å². The molecular formula is C13H19N3O4. The van der Waals surface area contributed by atoms with Gasteiger partial charge in [-0.2, -0.15) is 0 Å². The van der Waals surface area contributed by atoms with E-state index < -0.39 is 5.97 Å². The van der Waals surface area contributed by atoms with Crippen LogP contribution in [0.2, 0.25) is 0 Å². The van der Waals surface area contributed by atoms with Crippen LogP contribution in [0.5, 0.6) is 0 Å². The molecule has 0 aliphatic heterocycles. The third-order valence-electron chi connectivity index (χ3n) is 2.56. The Morgan fingerprint density at radius 2 is 2.05 bits per heavy atom. The molecule has 0 N–H and O–H groups in total. The second-order valence-electron chi connectivity index (χ2n) is 4.16. The Hall–Kier alpha value is -2.18. The Kier molecular flexibility index (Phi) is 5.89. The lowest BCUT2D eigenvalue weighted by atomic mass is 10.3. The molecule has 0 spiro atoms. The van der Waals surface area contributed by atoms with Gasteiger partial charge < -0.3 is 14.4 Å². The third kappa shape index (κ3) is 4.49. The number of rotatable bonds is 6. The molecule has 1 rings (SSSR count). The zero-order valence-electron chi connectivity index (χ0n) is 12.2. The van der Waals surface area contributed by atoms with E-state index in [1.54, 1.807) is 31.9 Å². The second-order valence-corrected chi connectivity index (χ2v) is 4.16. The summed E-state index contributed by atoms with van der Waals surface area (Å²) in [7, 11) is 3.06. The number of aromatic nitrogens is 2. The number of hydrogen-bond donors (Lipinski definition) is 0. The number of carbonyl (C=O) groups excluding carboxylic acids is 2. The SMILES string of the molecule is CCOC(=O)CCN(C)c1cc(C)nc(C(=O)OC)n1. The second kappa shape index (κ2) is 7.42. The molecule has 1 aromatic rings. The zero-order valence-corrected chi connectivity index (χ0v) is 12.2. The number of aryl methyl sites for hydroxylation is 1. The fraction of sp³-hybridized carbons (Fsp3) is 0.538. The van der Waals surface area contributed by atoms with Gasteiger partial charge in [-0.3, -0.25) is 4.79 Å². The average Bonchev–Trinajstić information content (AvgIpc) is 2.43. The minimum absolute atomic E-state index is 0.00508. The van der Waals surface area contributed by atoms with Crippen LogP contribution >= 0.6 is 0 Å². The van der Waals surface area contributed by atoms with Crippen LogP contribution in [0.15, 0.2) is 6.07 Å². The van der Waals surface area contributed by atoms with Gasteiger partial charge in [0.05, 0.1) is 20.1 Å². The molecule has 7 heteroatoms. The summed E-state index contributed by atoms with van der Waals surface area (Å²) < 4.78 is 9.46. The predicted octanol–water partition coefficient (Wildman–Crippen LogP) is 0.961. The molecule has 0 fully saturated rings. The van der Waals surface area contributed by atoms with Gasteiger partial charge in [-0.1, -0.05) is 0 Å². The molecule has 110 valence electrons. The van der Waals surface area contributed by atoms with Crippen LogP contribution in [-0.4, -0.2) is 49.2 Å². The quantitative estimate of drug-likeness (QED) is 0.718. The van der Waals surface area contributed by atoms with E-state index in [0.29, 0.717) is 24.7 Å². The maximum absolute atomic E-state index is 11.5. The van der Waals surface area contributed by atoms with E-state index in [1.165, 1.54) is 7.11 Å². The van der Waals surface area contributed by atoms with Crippen molar-refractivity contribution in [2.24, 2.45) is 0 Å². The predicted molar refractivity (Wildman–Crippen MR) is 72.6 cm³/mol. The molecule has 0 unspecified atom stereocenters. The lowest BCUT2D eigenvalue weighted by Gasteiger charge is -2.18. The molecule has 0 saturated heterocycles. The van der Waals surface area contributed by atoms with E-state index >= 15 is 0 Å². The molecule has 20 heavy (non-hydrogen) atoms. The van der Waals surface area contributed by atoms with Gasteiger partial charge in [0.2, 0.25) is 5.82 Å². The smallest absolute Gasteiger partial charge is 0.376 e. The molecule has 0 atom stereocenters. The number of carbonyl (C=O) groups is 2. The number of nitrogens with zero attached hydrogens (tertiary/aromatic N) is 3. The summed E-state index contributed by atoms with van der Waals surface area (Å²) in [4.78, 5) is 32.6. The highest BCUT2D eigenvalue weighted by molar-refractivity contribution is 5.85. The molecule has 0 amide bonds. The summed E-state index contributed by atoms with van der Waals surface area (Å²) in [6, 6.07) is 1.73. The van der Waals surface area contributed by atoms with E-state index in [4.69, 9.17) is 4.74 Å². The van der Waals surface area contributed by atoms with Gasteiger partial charge >= 0.3 is 11.9 Å². The van der Waals surface area contributed by atoms with Gasteiger partial charge in [-0.25, -0.2) is 14.8 Å². The fourth-order valence-electron chi connectivity index (χ4n) is 1.54. The van der Waals surface area contributed by atoms with Crippen molar-refractivity contribution in [2.75, 3.05) is 32.2 Å². The van der Waals surface area contributed by atoms with Gasteiger partial charge in [0.1, 0.15) is 5.82 Å². The number of esters is 2. The standard InChI is InChI=1S/C13H19N3O4/c1-5-20-11(17)6-7-16(3)10-8-9(2)14-12(15-10)13(18)19-4/h8H,5-7H2,1-4H3. The van der Waals surface area contributed by atoms with Crippen LogP contribution in [0, 0.1) is 6.92 Å². The summed E-state index contributed by atoms with van der Waals surface area (Å²) in [5.41, 5.74) is 0.651. The van der Waals surface area contributed by atoms with Crippen molar-refractivity contribution in [1.82, 2.24) is 9.97 Å². The molecule has 0 aliphatic carbocycles. The first-order valence-electron chi connectivity index (χ1n) is 6.28. The number of hydrogen-bond acceptors (Lipinski definition) is 7. The van der Waals surface area contributed by atoms with Crippen LogP contribution in [0.4, 0.5) is 5.82 Å². The van der Waals surface area contributed by atoms with E-state index in [9.17, 15) is 9.59 Å². The Labute approximate surface area is 117 Å². The Bertz CT molecular complexity index is 491. The summed E-state index contributed by atoms with van der Waals surface area (Å²) in [5, 5.41) is 0. The Morgan fingerprint density at radius 1 is 1.35 bits per heavy atom. The van der Waals surface area contributed by atoms with E-state index in [2.05, 4.69) is 14.7 Å². The topological polar surface area (TPSA) is 81.6 Å². The van der Waals surface area contributed by atoms with E-state index in [1.807, 2.05) is 0 Å². The van der Waals surface area contributed by atoms with Gasteiger partial charge in [0.25, 0.3) is 0 Å². The first-order chi connectivity index (χ1) is 9.47. The van der Waals surface area contributed by atoms with Crippen LogP contribution < -0.4 is 4.90 Å². The minimum Gasteiger partial charge on any atom is -0.466 e. The van der Waals surface area contributed by atoms with Crippen molar-refractivity contribution in [3.05, 3.63) is 17.6 Å². The average molecular weight is 281 g/mol. The normalized spacial score (nSPS) is 10.0. The van der Waals surface area contributed by atoms with Crippen molar-refractivity contribution >= 4 is 17.8 Å². The molecule has 0 saturated carbocycles. The molecule has 0 radical (unpaired) electrons. The lowest BCUT2D eigenvalue weighted by molar-refractivity contribution is -0.142. The molecule has 0 bridgehead atoms. The molecule has 0 aromatic carbocycles. The zero-order chi connectivity index (χ0) is 15.1. The number of anilines is 1. The van der Waals surface area contributed by atoms with Gasteiger partial charge in [0.15, 0.2) is 0 Å². The molecule has 1 aromatic heterocycles. The Morgan fingerprint density at radius 3 is 2.65 bits per heavy atom. The van der Waals surface area contributed by atoms with Crippen LogP contribution in [0.3, 0.4) is 0 Å². The highest BCUT2D eigenvalue weighted by atomic mass is 16.5. The van der Waals surface area contributed by atoms with E-state index in [0.717, 1.165) is 0 Å². The monoisotopic (exact) mass is 281 g/mol. The first-order valence-corrected chi connectivity index (χ1v) is 6.28.